The summed E-state index contributed by atoms with van der Waals surface area (Å²) >= 11 is 0. The van der Waals surface area contributed by atoms with Crippen molar-refractivity contribution in [3.63, 3.8) is 0 Å². The van der Waals surface area contributed by atoms with E-state index in [0.29, 0.717) is 5.56 Å². The van der Waals surface area contributed by atoms with Crippen LogP contribution < -0.4 is 5.73 Å². The third-order valence-corrected chi connectivity index (χ3v) is 1.47. The number of hydrogen-bond acceptors (Lipinski definition) is 1. The maximum Gasteiger partial charge on any atom is 0.159 e. The van der Waals surface area contributed by atoms with E-state index in [2.05, 4.69) is 13.8 Å². The molecular weight excluding hydrogens is 184 g/mol. The van der Waals surface area contributed by atoms with Gasteiger partial charge in [-0.05, 0) is 24.6 Å². The van der Waals surface area contributed by atoms with E-state index in [0.717, 1.165) is 12.1 Å². The molecule has 0 heterocycles. The predicted octanol–water partition coefficient (Wildman–Crippen LogP) is 3.40. The molecule has 0 spiro atoms. The molecule has 0 bridgehead atoms. The molecule has 0 saturated heterocycles. The van der Waals surface area contributed by atoms with E-state index in [1.807, 2.05) is 0 Å². The molecule has 0 amide bonds. The van der Waals surface area contributed by atoms with Crippen LogP contribution in [0, 0.1) is 11.6 Å². The van der Waals surface area contributed by atoms with Gasteiger partial charge in [-0.3, -0.25) is 0 Å². The molecule has 2 N–H and O–H groups in total. The molecule has 1 aromatic rings. The van der Waals surface area contributed by atoms with Crippen LogP contribution in [0.4, 0.5) is 8.78 Å². The van der Waals surface area contributed by atoms with Crippen molar-refractivity contribution in [3.8, 4) is 0 Å². The second-order valence-electron chi connectivity index (χ2n) is 3.17. The van der Waals surface area contributed by atoms with E-state index in [9.17, 15) is 8.78 Å². The zero-order chi connectivity index (χ0) is 11.1. The van der Waals surface area contributed by atoms with Crippen LogP contribution in [0.1, 0.15) is 38.8 Å². The van der Waals surface area contributed by atoms with Gasteiger partial charge in [0.15, 0.2) is 11.6 Å². The van der Waals surface area contributed by atoms with Crippen LogP contribution >= 0.6 is 0 Å². The summed E-state index contributed by atoms with van der Waals surface area (Å²) in [5.41, 5.74) is 6.04. The van der Waals surface area contributed by atoms with E-state index in [4.69, 9.17) is 5.73 Å². The van der Waals surface area contributed by atoms with Gasteiger partial charge in [-0.2, -0.15) is 0 Å². The highest BCUT2D eigenvalue weighted by molar-refractivity contribution is 5.20. The van der Waals surface area contributed by atoms with Crippen LogP contribution in [0.2, 0.25) is 0 Å². The number of benzene rings is 1. The van der Waals surface area contributed by atoms with Crippen molar-refractivity contribution in [1.82, 2.24) is 0 Å². The van der Waals surface area contributed by atoms with Crippen molar-refractivity contribution in [1.29, 1.82) is 0 Å². The van der Waals surface area contributed by atoms with Crippen LogP contribution in [0.5, 0.6) is 0 Å². The van der Waals surface area contributed by atoms with Crippen molar-refractivity contribution in [2.45, 2.75) is 33.2 Å². The third kappa shape index (κ3) is 4.33. The Balaban J connectivity index is 0.000000500. The van der Waals surface area contributed by atoms with Crippen LogP contribution in [-0.2, 0) is 0 Å². The van der Waals surface area contributed by atoms with Crippen molar-refractivity contribution in [2.75, 3.05) is 0 Å². The molecule has 1 atom stereocenters. The van der Waals surface area contributed by atoms with Gasteiger partial charge in [0.05, 0.1) is 0 Å². The van der Waals surface area contributed by atoms with Gasteiger partial charge in [0.25, 0.3) is 0 Å². The largest absolute Gasteiger partial charge is 0.324 e. The first-order chi connectivity index (χ1) is 6.52. The molecule has 0 unspecified atom stereocenters. The van der Waals surface area contributed by atoms with Crippen molar-refractivity contribution >= 4 is 0 Å². The van der Waals surface area contributed by atoms with Gasteiger partial charge >= 0.3 is 0 Å². The molecule has 80 valence electrons. The summed E-state index contributed by atoms with van der Waals surface area (Å²) in [6.07, 6.45) is 1.25. The van der Waals surface area contributed by atoms with E-state index < -0.39 is 11.6 Å². The van der Waals surface area contributed by atoms with Crippen LogP contribution in [-0.4, -0.2) is 0 Å². The molecular formula is C11H17F2N. The third-order valence-electron chi connectivity index (χ3n) is 1.47. The van der Waals surface area contributed by atoms with Gasteiger partial charge in [0.1, 0.15) is 0 Å². The highest BCUT2D eigenvalue weighted by Crippen LogP contribution is 2.13. The first kappa shape index (κ1) is 13.0. The maximum absolute atomic E-state index is 12.5. The number of hydrogen-bond donors (Lipinski definition) is 1. The van der Waals surface area contributed by atoms with Crippen LogP contribution in [0.3, 0.4) is 0 Å². The average Bonchev–Trinajstić information content (AvgIpc) is 2.10. The van der Waals surface area contributed by atoms with E-state index in [1.165, 1.54) is 12.5 Å². The molecule has 0 aliphatic heterocycles. The predicted molar refractivity (Wildman–Crippen MR) is 54.9 cm³/mol. The van der Waals surface area contributed by atoms with E-state index in [1.54, 1.807) is 6.92 Å². The molecule has 0 saturated carbocycles. The first-order valence-corrected chi connectivity index (χ1v) is 4.73. The number of nitrogens with two attached hydrogens (primary N) is 1. The van der Waals surface area contributed by atoms with Gasteiger partial charge < -0.3 is 5.73 Å². The van der Waals surface area contributed by atoms with Crippen LogP contribution in [0.25, 0.3) is 0 Å². The number of rotatable bonds is 1. The molecule has 3 heteroatoms. The molecule has 1 aromatic carbocycles. The van der Waals surface area contributed by atoms with Crippen molar-refractivity contribution < 1.29 is 8.78 Å². The Morgan fingerprint density at radius 3 is 2.07 bits per heavy atom. The summed E-state index contributed by atoms with van der Waals surface area (Å²) in [6.45, 7) is 5.96. The average molecular weight is 201 g/mol. The van der Waals surface area contributed by atoms with Gasteiger partial charge in [-0.25, -0.2) is 8.78 Å². The molecule has 0 aliphatic rings. The Kier molecular flexibility index (Phi) is 6.04. The standard InChI is InChI=1S/C8H9F2N.C3H8/c1-5(11)6-2-3-7(9)8(10)4-6;1-3-2/h2-5H,11H2,1H3;3H2,1-2H3/t5-;/m0./s1. The second-order valence-corrected chi connectivity index (χ2v) is 3.17. The summed E-state index contributed by atoms with van der Waals surface area (Å²) in [7, 11) is 0. The highest BCUT2D eigenvalue weighted by Gasteiger charge is 2.04. The summed E-state index contributed by atoms with van der Waals surface area (Å²) in [5, 5.41) is 0. The lowest BCUT2D eigenvalue weighted by Crippen LogP contribution is -2.05. The van der Waals surface area contributed by atoms with Crippen molar-refractivity contribution in [3.05, 3.63) is 35.4 Å². The van der Waals surface area contributed by atoms with Crippen LogP contribution in [0.15, 0.2) is 18.2 Å². The maximum atomic E-state index is 12.5. The van der Waals surface area contributed by atoms with Gasteiger partial charge in [-0.15, -0.1) is 0 Å². The van der Waals surface area contributed by atoms with Gasteiger partial charge in [0, 0.05) is 6.04 Å². The minimum Gasteiger partial charge on any atom is -0.324 e. The highest BCUT2D eigenvalue weighted by atomic mass is 19.2. The normalized spacial score (nSPS) is 11.6. The second kappa shape index (κ2) is 6.49. The fourth-order valence-electron chi connectivity index (χ4n) is 0.796. The Labute approximate surface area is 83.9 Å². The lowest BCUT2D eigenvalue weighted by molar-refractivity contribution is 0.506. The van der Waals surface area contributed by atoms with Crippen molar-refractivity contribution in [2.24, 2.45) is 5.73 Å². The molecule has 14 heavy (non-hydrogen) atoms. The molecule has 1 nitrogen and oxygen atoms in total. The monoisotopic (exact) mass is 201 g/mol. The Morgan fingerprint density at radius 1 is 1.21 bits per heavy atom. The molecule has 0 radical (unpaired) electrons. The lowest BCUT2D eigenvalue weighted by atomic mass is 10.1. The lowest BCUT2D eigenvalue weighted by Gasteiger charge is -2.04. The smallest absolute Gasteiger partial charge is 0.159 e. The fourth-order valence-corrected chi connectivity index (χ4v) is 0.796. The van der Waals surface area contributed by atoms with Gasteiger partial charge in [-0.1, -0.05) is 26.3 Å². The summed E-state index contributed by atoms with van der Waals surface area (Å²) in [6, 6.07) is 3.40. The SMILES string of the molecule is CCC.C[C@H](N)c1ccc(F)c(F)c1. The topological polar surface area (TPSA) is 26.0 Å². The minimum atomic E-state index is -0.847. The first-order valence-electron chi connectivity index (χ1n) is 4.73. The fraction of sp³-hybridized carbons (Fsp3) is 0.455. The quantitative estimate of drug-likeness (QED) is 0.740. The molecule has 0 aromatic heterocycles. The molecule has 0 aliphatic carbocycles. The molecule has 0 fully saturated rings. The van der Waals surface area contributed by atoms with E-state index >= 15 is 0 Å². The zero-order valence-electron chi connectivity index (χ0n) is 8.85. The Bertz CT molecular complexity index is 272. The Morgan fingerprint density at radius 2 is 1.71 bits per heavy atom. The van der Waals surface area contributed by atoms with E-state index in [-0.39, 0.29) is 6.04 Å². The number of halogens is 2. The summed E-state index contributed by atoms with van der Waals surface area (Å²) < 4.78 is 24.9. The minimum absolute atomic E-state index is 0.259. The Hall–Kier alpha value is -0.960. The summed E-state index contributed by atoms with van der Waals surface area (Å²) in [4.78, 5) is 0. The zero-order valence-corrected chi connectivity index (χ0v) is 8.85. The van der Waals surface area contributed by atoms with Gasteiger partial charge in [0.2, 0.25) is 0 Å². The summed E-state index contributed by atoms with van der Waals surface area (Å²) in [5.74, 6) is -1.69. The molecule has 1 rings (SSSR count).